The molecule has 2 aromatic rings. The van der Waals surface area contributed by atoms with Gasteiger partial charge in [-0.3, -0.25) is 4.99 Å². The van der Waals surface area contributed by atoms with Gasteiger partial charge in [-0.1, -0.05) is 18.7 Å². The monoisotopic (exact) mass is 319 g/mol. The smallest absolute Gasteiger partial charge is 0.170 e. The molecule has 0 radical (unpaired) electrons. The Labute approximate surface area is 134 Å². The lowest BCUT2D eigenvalue weighted by Gasteiger charge is -2.13. The Morgan fingerprint density at radius 2 is 2.09 bits per heavy atom. The van der Waals surface area contributed by atoms with Crippen LogP contribution < -0.4 is 10.2 Å². The van der Waals surface area contributed by atoms with E-state index in [0.717, 1.165) is 34.2 Å². The molecule has 0 aliphatic carbocycles. The quantitative estimate of drug-likeness (QED) is 0.680. The normalized spacial score (nSPS) is 11.7. The Hall–Kier alpha value is -1.95. The lowest BCUT2D eigenvalue weighted by atomic mass is 10.1. The van der Waals surface area contributed by atoms with Gasteiger partial charge in [-0.2, -0.15) is 0 Å². The molecule has 0 fully saturated rings. The maximum Gasteiger partial charge on any atom is 0.170 e. The van der Waals surface area contributed by atoms with Gasteiger partial charge in [-0.05, 0) is 30.9 Å². The Morgan fingerprint density at radius 1 is 1.32 bits per heavy atom. The van der Waals surface area contributed by atoms with Crippen molar-refractivity contribution in [1.82, 2.24) is 9.55 Å². The van der Waals surface area contributed by atoms with Crippen LogP contribution in [0.2, 0.25) is 0 Å². The van der Waals surface area contributed by atoms with E-state index in [4.69, 9.17) is 9.72 Å². The molecule has 0 amide bonds. The van der Waals surface area contributed by atoms with Crippen molar-refractivity contribution in [3.05, 3.63) is 29.8 Å². The Bertz CT molecular complexity index is 726. The second kappa shape index (κ2) is 7.35. The number of benzene rings is 1. The fourth-order valence-corrected chi connectivity index (χ4v) is 3.00. The minimum absolute atomic E-state index is 0.120. The lowest BCUT2D eigenvalue weighted by molar-refractivity contribution is 0.373. The zero-order valence-electron chi connectivity index (χ0n) is 13.3. The average Bonchev–Trinajstić information content (AvgIpc) is 2.54. The van der Waals surface area contributed by atoms with Crippen molar-refractivity contribution in [2.75, 3.05) is 19.9 Å². The summed E-state index contributed by atoms with van der Waals surface area (Å²) in [5.74, 6) is 1.50. The number of rotatable bonds is 5. The first-order chi connectivity index (χ1) is 10.6. The number of aromatic hydroxyl groups is 1. The lowest BCUT2D eigenvalue weighted by Crippen LogP contribution is -2.23. The van der Waals surface area contributed by atoms with Crippen LogP contribution in [-0.2, 0) is 6.54 Å². The number of aromatic nitrogens is 2. The van der Waals surface area contributed by atoms with Gasteiger partial charge in [-0.25, -0.2) is 4.98 Å². The topological polar surface area (TPSA) is 59.6 Å². The molecule has 0 atom stereocenters. The standard InChI is InChI=1S/C16H21N3O2S/c1-5-19-15(17-3)10-12(18-16(19)22-6-2)11-7-8-13(20)14(9-11)21-4/h7-10,20H,5-6H2,1-4H3. The third kappa shape index (κ3) is 3.27. The van der Waals surface area contributed by atoms with Gasteiger partial charge in [-0.15, -0.1) is 0 Å². The maximum atomic E-state index is 9.73. The van der Waals surface area contributed by atoms with Gasteiger partial charge in [0, 0.05) is 25.2 Å². The predicted molar refractivity (Wildman–Crippen MR) is 89.4 cm³/mol. The van der Waals surface area contributed by atoms with Crippen molar-refractivity contribution < 1.29 is 9.84 Å². The number of methoxy groups -OCH3 is 1. The summed E-state index contributed by atoms with van der Waals surface area (Å²) in [4.78, 5) is 9.11. The minimum atomic E-state index is 0.120. The third-order valence-corrected chi connectivity index (χ3v) is 4.14. The fraction of sp³-hybridized carbons (Fsp3) is 0.375. The largest absolute Gasteiger partial charge is 0.504 e. The second-order valence-corrected chi connectivity index (χ2v) is 5.80. The molecular formula is C16H21N3O2S. The highest BCUT2D eigenvalue weighted by Gasteiger charge is 2.10. The molecule has 118 valence electrons. The SMILES string of the molecule is CCSc1nc(-c2ccc(O)c(OC)c2)cc(=NC)n1CC. The van der Waals surface area contributed by atoms with Gasteiger partial charge in [0.2, 0.25) is 0 Å². The first-order valence-electron chi connectivity index (χ1n) is 7.19. The summed E-state index contributed by atoms with van der Waals surface area (Å²) in [6.45, 7) is 5.01. The van der Waals surface area contributed by atoms with Crippen molar-refractivity contribution in [3.63, 3.8) is 0 Å². The summed E-state index contributed by atoms with van der Waals surface area (Å²) < 4.78 is 7.27. The molecule has 1 aromatic heterocycles. The average molecular weight is 319 g/mol. The van der Waals surface area contributed by atoms with E-state index < -0.39 is 0 Å². The summed E-state index contributed by atoms with van der Waals surface area (Å²) in [5, 5.41) is 10.7. The van der Waals surface area contributed by atoms with Crippen molar-refractivity contribution in [2.45, 2.75) is 25.5 Å². The van der Waals surface area contributed by atoms with Crippen LogP contribution in [0.1, 0.15) is 13.8 Å². The van der Waals surface area contributed by atoms with E-state index in [2.05, 4.69) is 23.4 Å². The van der Waals surface area contributed by atoms with Crippen LogP contribution in [0.4, 0.5) is 0 Å². The third-order valence-electron chi connectivity index (χ3n) is 3.28. The number of phenols is 1. The van der Waals surface area contributed by atoms with Gasteiger partial charge < -0.3 is 14.4 Å². The first kappa shape index (κ1) is 16.4. The van der Waals surface area contributed by atoms with E-state index in [9.17, 15) is 5.11 Å². The van der Waals surface area contributed by atoms with Crippen LogP contribution in [0.25, 0.3) is 11.3 Å². The van der Waals surface area contributed by atoms with Crippen molar-refractivity contribution in [2.24, 2.45) is 4.99 Å². The molecule has 1 heterocycles. The number of thioether (sulfide) groups is 1. The molecule has 1 aromatic carbocycles. The number of ether oxygens (including phenoxy) is 1. The van der Waals surface area contributed by atoms with Gasteiger partial charge in [0.15, 0.2) is 16.7 Å². The van der Waals surface area contributed by atoms with Crippen molar-refractivity contribution >= 4 is 11.8 Å². The first-order valence-corrected chi connectivity index (χ1v) is 8.18. The summed E-state index contributed by atoms with van der Waals surface area (Å²) in [6, 6.07) is 7.19. The van der Waals surface area contributed by atoms with Crippen LogP contribution in [0.15, 0.2) is 34.4 Å². The molecule has 1 N–H and O–H groups in total. The Balaban J connectivity index is 2.63. The van der Waals surface area contributed by atoms with Crippen LogP contribution in [-0.4, -0.2) is 34.6 Å². The molecule has 0 saturated heterocycles. The zero-order valence-corrected chi connectivity index (χ0v) is 14.1. The van der Waals surface area contributed by atoms with Crippen LogP contribution in [0.5, 0.6) is 11.5 Å². The zero-order chi connectivity index (χ0) is 16.1. The van der Waals surface area contributed by atoms with Crippen LogP contribution in [0.3, 0.4) is 0 Å². The van der Waals surface area contributed by atoms with E-state index >= 15 is 0 Å². The number of hydrogen-bond acceptors (Lipinski definition) is 5. The fourth-order valence-electron chi connectivity index (χ4n) is 2.20. The molecular weight excluding hydrogens is 298 g/mol. The molecule has 0 bridgehead atoms. The maximum absolute atomic E-state index is 9.73. The van der Waals surface area contributed by atoms with E-state index in [-0.39, 0.29) is 5.75 Å². The predicted octanol–water partition coefficient (Wildman–Crippen LogP) is 2.93. The minimum Gasteiger partial charge on any atom is -0.504 e. The molecule has 6 heteroatoms. The highest BCUT2D eigenvalue weighted by Crippen LogP contribution is 2.30. The molecule has 0 aliphatic heterocycles. The van der Waals surface area contributed by atoms with E-state index in [1.54, 1.807) is 30.9 Å². The molecule has 0 aliphatic rings. The van der Waals surface area contributed by atoms with Crippen LogP contribution in [0, 0.1) is 0 Å². The van der Waals surface area contributed by atoms with E-state index in [0.29, 0.717) is 5.75 Å². The van der Waals surface area contributed by atoms with Gasteiger partial charge in [0.1, 0.15) is 5.49 Å². The second-order valence-electron chi connectivity index (χ2n) is 4.57. The summed E-state index contributed by atoms with van der Waals surface area (Å²) >= 11 is 1.69. The summed E-state index contributed by atoms with van der Waals surface area (Å²) in [5.41, 5.74) is 2.59. The van der Waals surface area contributed by atoms with Crippen molar-refractivity contribution in [3.8, 4) is 22.8 Å². The molecule has 5 nitrogen and oxygen atoms in total. The highest BCUT2D eigenvalue weighted by atomic mass is 32.2. The molecule has 0 spiro atoms. The number of hydrogen-bond donors (Lipinski definition) is 1. The summed E-state index contributed by atoms with van der Waals surface area (Å²) in [6.07, 6.45) is 0. The molecule has 0 unspecified atom stereocenters. The van der Waals surface area contributed by atoms with E-state index in [1.807, 2.05) is 12.1 Å². The molecule has 0 saturated carbocycles. The molecule has 22 heavy (non-hydrogen) atoms. The van der Waals surface area contributed by atoms with Crippen molar-refractivity contribution in [1.29, 1.82) is 0 Å². The van der Waals surface area contributed by atoms with Crippen LogP contribution >= 0.6 is 11.8 Å². The number of nitrogens with zero attached hydrogens (tertiary/aromatic N) is 3. The molecule has 2 rings (SSSR count). The van der Waals surface area contributed by atoms with E-state index in [1.165, 1.54) is 7.11 Å². The Kier molecular flexibility index (Phi) is 5.49. The number of phenolic OH excluding ortho intramolecular Hbond substituents is 1. The van der Waals surface area contributed by atoms with Gasteiger partial charge in [0.25, 0.3) is 0 Å². The Morgan fingerprint density at radius 3 is 2.68 bits per heavy atom. The van der Waals surface area contributed by atoms with Gasteiger partial charge in [0.05, 0.1) is 12.8 Å². The van der Waals surface area contributed by atoms with Gasteiger partial charge >= 0.3 is 0 Å². The highest BCUT2D eigenvalue weighted by molar-refractivity contribution is 7.99. The summed E-state index contributed by atoms with van der Waals surface area (Å²) in [7, 11) is 3.32.